The summed E-state index contributed by atoms with van der Waals surface area (Å²) in [4.78, 5) is 29.7. The number of carboxylic acid groups (broad SMARTS) is 1. The molecule has 168 valence electrons. The highest BCUT2D eigenvalue weighted by Crippen LogP contribution is 2.29. The Labute approximate surface area is 190 Å². The predicted molar refractivity (Wildman–Crippen MR) is 124 cm³/mol. The zero-order chi connectivity index (χ0) is 22.9. The molecule has 32 heavy (non-hydrogen) atoms. The summed E-state index contributed by atoms with van der Waals surface area (Å²) in [6.07, 6.45) is 1.97. The molecule has 1 amide bonds. The lowest BCUT2D eigenvalue weighted by molar-refractivity contribution is -0.136. The first-order chi connectivity index (χ1) is 15.5. The van der Waals surface area contributed by atoms with Crippen molar-refractivity contribution in [1.29, 1.82) is 0 Å². The minimum absolute atomic E-state index is 0.0984. The molecular formula is C24H26FN3O3S. The summed E-state index contributed by atoms with van der Waals surface area (Å²) in [5.74, 6) is -1.50. The normalized spacial score (nSPS) is 10.7. The van der Waals surface area contributed by atoms with E-state index in [4.69, 9.17) is 10.1 Å². The zero-order valence-corrected chi connectivity index (χ0v) is 18.7. The summed E-state index contributed by atoms with van der Waals surface area (Å²) in [6, 6.07) is 13.6. The van der Waals surface area contributed by atoms with Gasteiger partial charge in [-0.25, -0.2) is 9.37 Å². The Balaban J connectivity index is 1.68. The van der Waals surface area contributed by atoms with Gasteiger partial charge in [-0.1, -0.05) is 25.5 Å². The van der Waals surface area contributed by atoms with Gasteiger partial charge in [-0.3, -0.25) is 9.59 Å². The van der Waals surface area contributed by atoms with Gasteiger partial charge in [0.2, 0.25) is 0 Å². The number of hydrogen-bond acceptors (Lipinski definition) is 5. The van der Waals surface area contributed by atoms with Crippen molar-refractivity contribution in [1.82, 2.24) is 10.3 Å². The van der Waals surface area contributed by atoms with E-state index in [-0.39, 0.29) is 24.7 Å². The van der Waals surface area contributed by atoms with Gasteiger partial charge in [0.05, 0.1) is 12.1 Å². The molecule has 0 aliphatic rings. The Hall–Kier alpha value is -3.26. The highest BCUT2D eigenvalue weighted by molar-refractivity contribution is 7.14. The number of halogens is 1. The molecule has 0 saturated heterocycles. The van der Waals surface area contributed by atoms with Crippen molar-refractivity contribution in [3.8, 4) is 11.3 Å². The van der Waals surface area contributed by atoms with Crippen molar-refractivity contribution in [3.05, 3.63) is 70.9 Å². The largest absolute Gasteiger partial charge is 0.481 e. The van der Waals surface area contributed by atoms with E-state index in [1.807, 2.05) is 17.5 Å². The van der Waals surface area contributed by atoms with Gasteiger partial charge in [0.1, 0.15) is 5.82 Å². The highest BCUT2D eigenvalue weighted by Gasteiger charge is 2.14. The lowest BCUT2D eigenvalue weighted by atomic mass is 10.1. The number of nitrogens with one attached hydrogen (secondary N) is 1. The molecule has 3 aromatic rings. The number of carbonyl (C=O) groups is 2. The van der Waals surface area contributed by atoms with Crippen LogP contribution in [0, 0.1) is 5.82 Å². The van der Waals surface area contributed by atoms with Crippen molar-refractivity contribution in [2.75, 3.05) is 18.0 Å². The van der Waals surface area contributed by atoms with Crippen molar-refractivity contribution >= 4 is 28.3 Å². The Morgan fingerprint density at radius 3 is 2.50 bits per heavy atom. The van der Waals surface area contributed by atoms with Crippen LogP contribution in [0.1, 0.15) is 42.1 Å². The van der Waals surface area contributed by atoms with Gasteiger partial charge in [0, 0.05) is 36.1 Å². The number of amides is 1. The quantitative estimate of drug-likeness (QED) is 0.427. The molecule has 1 heterocycles. The number of hydrogen-bond donors (Lipinski definition) is 2. The lowest BCUT2D eigenvalue weighted by Gasteiger charge is -2.22. The summed E-state index contributed by atoms with van der Waals surface area (Å²) in [5.41, 5.74) is 3.23. The molecule has 2 aromatic carbocycles. The molecule has 0 spiro atoms. The van der Waals surface area contributed by atoms with Crippen LogP contribution in [0.5, 0.6) is 0 Å². The number of unbranched alkanes of at least 4 members (excludes halogenated alkanes) is 1. The second-order valence-corrected chi connectivity index (χ2v) is 8.23. The van der Waals surface area contributed by atoms with E-state index >= 15 is 0 Å². The van der Waals surface area contributed by atoms with E-state index in [1.54, 1.807) is 35.6 Å². The van der Waals surface area contributed by atoms with Crippen LogP contribution in [0.25, 0.3) is 11.3 Å². The van der Waals surface area contributed by atoms with Gasteiger partial charge in [0.25, 0.3) is 5.91 Å². The third kappa shape index (κ3) is 6.62. The molecule has 1 aromatic heterocycles. The van der Waals surface area contributed by atoms with E-state index in [2.05, 4.69) is 17.1 Å². The molecule has 0 atom stereocenters. The maximum Gasteiger partial charge on any atom is 0.305 e. The Kier molecular flexibility index (Phi) is 8.33. The topological polar surface area (TPSA) is 82.5 Å². The number of benzene rings is 2. The van der Waals surface area contributed by atoms with E-state index in [0.717, 1.165) is 41.3 Å². The van der Waals surface area contributed by atoms with Crippen LogP contribution >= 0.6 is 11.3 Å². The molecule has 0 radical (unpaired) electrons. The first kappa shape index (κ1) is 23.4. The third-order valence-electron chi connectivity index (χ3n) is 4.90. The Morgan fingerprint density at radius 2 is 1.84 bits per heavy atom. The summed E-state index contributed by atoms with van der Waals surface area (Å²) in [6.45, 7) is 3.74. The van der Waals surface area contributed by atoms with Crippen molar-refractivity contribution in [2.45, 2.75) is 32.7 Å². The molecule has 0 saturated carbocycles. The molecule has 3 rings (SSSR count). The fourth-order valence-corrected chi connectivity index (χ4v) is 3.98. The van der Waals surface area contributed by atoms with E-state index in [0.29, 0.717) is 12.1 Å². The molecule has 0 fully saturated rings. The predicted octanol–water partition coefficient (Wildman–Crippen LogP) is 4.96. The second kappa shape index (κ2) is 11.4. The summed E-state index contributed by atoms with van der Waals surface area (Å²) >= 11 is 1.55. The van der Waals surface area contributed by atoms with Gasteiger partial charge in [0.15, 0.2) is 5.13 Å². The number of nitrogens with zero attached hydrogens (tertiary/aromatic N) is 2. The van der Waals surface area contributed by atoms with Crippen molar-refractivity contribution in [2.24, 2.45) is 0 Å². The first-order valence-electron chi connectivity index (χ1n) is 10.5. The average molecular weight is 456 g/mol. The first-order valence-corrected chi connectivity index (χ1v) is 11.4. The molecule has 0 unspecified atom stereocenters. The van der Waals surface area contributed by atoms with Gasteiger partial charge in [-0.15, -0.1) is 11.3 Å². The van der Waals surface area contributed by atoms with E-state index in [9.17, 15) is 14.0 Å². The zero-order valence-electron chi connectivity index (χ0n) is 17.9. The smallest absolute Gasteiger partial charge is 0.305 e. The van der Waals surface area contributed by atoms with Crippen LogP contribution in [-0.2, 0) is 11.3 Å². The molecule has 8 heteroatoms. The van der Waals surface area contributed by atoms with Crippen LogP contribution in [0.15, 0.2) is 53.9 Å². The van der Waals surface area contributed by atoms with Crippen LogP contribution in [0.4, 0.5) is 9.52 Å². The van der Waals surface area contributed by atoms with Gasteiger partial charge >= 0.3 is 5.97 Å². The van der Waals surface area contributed by atoms with Gasteiger partial charge in [-0.2, -0.15) is 0 Å². The molecule has 0 aliphatic heterocycles. The number of anilines is 1. The average Bonchev–Trinajstić information content (AvgIpc) is 3.27. The standard InChI is InChI=1S/C24H26FN3O3S/c1-2-3-14-28(24-27-21(16-32-24)18-8-10-20(25)11-9-18)15-17-4-6-19(7-5-17)23(31)26-13-12-22(29)30/h4-11,16H,2-3,12-15H2,1H3,(H,26,31)(H,29,30). The minimum atomic E-state index is -0.947. The molecule has 6 nitrogen and oxygen atoms in total. The molecule has 2 N–H and O–H groups in total. The Morgan fingerprint density at radius 1 is 1.12 bits per heavy atom. The van der Waals surface area contributed by atoms with Crippen LogP contribution in [0.2, 0.25) is 0 Å². The number of carbonyl (C=O) groups excluding carboxylic acids is 1. The monoisotopic (exact) mass is 455 g/mol. The van der Waals surface area contributed by atoms with Crippen LogP contribution < -0.4 is 10.2 Å². The van der Waals surface area contributed by atoms with Gasteiger partial charge in [-0.05, 0) is 48.4 Å². The maximum absolute atomic E-state index is 13.2. The number of aromatic nitrogens is 1. The Bertz CT molecular complexity index is 1040. The molecule has 0 bridgehead atoms. The number of rotatable bonds is 11. The van der Waals surface area contributed by atoms with Crippen molar-refractivity contribution < 1.29 is 19.1 Å². The highest BCUT2D eigenvalue weighted by atomic mass is 32.1. The molecular weight excluding hydrogens is 429 g/mol. The number of carboxylic acids is 1. The summed E-state index contributed by atoms with van der Waals surface area (Å²) < 4.78 is 13.2. The summed E-state index contributed by atoms with van der Waals surface area (Å²) in [5, 5.41) is 14.2. The maximum atomic E-state index is 13.2. The SMILES string of the molecule is CCCCN(Cc1ccc(C(=O)NCCC(=O)O)cc1)c1nc(-c2ccc(F)cc2)cs1. The third-order valence-corrected chi connectivity index (χ3v) is 5.80. The lowest BCUT2D eigenvalue weighted by Crippen LogP contribution is -2.26. The van der Waals surface area contributed by atoms with E-state index in [1.165, 1.54) is 12.1 Å². The number of thiazole rings is 1. The fraction of sp³-hybridized carbons (Fsp3) is 0.292. The van der Waals surface area contributed by atoms with Crippen molar-refractivity contribution in [3.63, 3.8) is 0 Å². The minimum Gasteiger partial charge on any atom is -0.481 e. The second-order valence-electron chi connectivity index (χ2n) is 7.39. The van der Waals surface area contributed by atoms with E-state index < -0.39 is 5.97 Å². The van der Waals surface area contributed by atoms with Gasteiger partial charge < -0.3 is 15.3 Å². The number of aliphatic carboxylic acids is 1. The summed E-state index contributed by atoms with van der Waals surface area (Å²) in [7, 11) is 0. The van der Waals surface area contributed by atoms with Crippen LogP contribution in [-0.4, -0.2) is 35.1 Å². The molecule has 0 aliphatic carbocycles. The fourth-order valence-electron chi connectivity index (χ4n) is 3.12. The van der Waals surface area contributed by atoms with Crippen LogP contribution in [0.3, 0.4) is 0 Å².